The van der Waals surface area contributed by atoms with Crippen molar-refractivity contribution in [3.05, 3.63) is 0 Å². The standard InChI is InChI=1S/C10H16N2/c1-7-8(2)12-10-6-4-3-5-9(10)11-7/h9-10H,3-6H2,1-2H3/t9-,10+. The molecule has 0 bridgehead atoms. The highest BCUT2D eigenvalue weighted by molar-refractivity contribution is 6.41. The van der Waals surface area contributed by atoms with Crippen LogP contribution in [0.1, 0.15) is 39.5 Å². The first kappa shape index (κ1) is 7.96. The third-order valence-electron chi connectivity index (χ3n) is 2.94. The van der Waals surface area contributed by atoms with Gasteiger partial charge in [0, 0.05) is 0 Å². The second-order valence-corrected chi connectivity index (χ2v) is 3.85. The molecule has 1 aliphatic carbocycles. The average molecular weight is 164 g/mol. The lowest BCUT2D eigenvalue weighted by atomic mass is 9.89. The fourth-order valence-electron chi connectivity index (χ4n) is 2.08. The van der Waals surface area contributed by atoms with E-state index in [2.05, 4.69) is 23.8 Å². The Labute approximate surface area is 73.8 Å². The van der Waals surface area contributed by atoms with Gasteiger partial charge in [-0.3, -0.25) is 9.98 Å². The van der Waals surface area contributed by atoms with Gasteiger partial charge in [-0.1, -0.05) is 12.8 Å². The molecule has 2 atom stereocenters. The Balaban J connectivity index is 2.19. The highest BCUT2D eigenvalue weighted by atomic mass is 15.0. The number of hydrogen-bond donors (Lipinski definition) is 0. The monoisotopic (exact) mass is 164 g/mol. The lowest BCUT2D eigenvalue weighted by Gasteiger charge is -2.29. The lowest BCUT2D eigenvalue weighted by molar-refractivity contribution is 0.385. The van der Waals surface area contributed by atoms with Crippen molar-refractivity contribution in [1.29, 1.82) is 0 Å². The summed E-state index contributed by atoms with van der Waals surface area (Å²) in [5.74, 6) is 0. The Morgan fingerprint density at radius 3 is 1.75 bits per heavy atom. The summed E-state index contributed by atoms with van der Waals surface area (Å²) in [6.07, 6.45) is 5.18. The molecule has 0 radical (unpaired) electrons. The van der Waals surface area contributed by atoms with Gasteiger partial charge < -0.3 is 0 Å². The molecule has 0 aromatic rings. The van der Waals surface area contributed by atoms with Gasteiger partial charge >= 0.3 is 0 Å². The summed E-state index contributed by atoms with van der Waals surface area (Å²) < 4.78 is 0. The van der Waals surface area contributed by atoms with E-state index < -0.39 is 0 Å². The first-order valence-electron chi connectivity index (χ1n) is 4.86. The maximum Gasteiger partial charge on any atom is 0.0726 e. The third-order valence-corrected chi connectivity index (χ3v) is 2.94. The van der Waals surface area contributed by atoms with Crippen LogP contribution in [-0.4, -0.2) is 23.5 Å². The third kappa shape index (κ3) is 1.30. The van der Waals surface area contributed by atoms with Crippen molar-refractivity contribution in [2.75, 3.05) is 0 Å². The zero-order chi connectivity index (χ0) is 8.55. The Kier molecular flexibility index (Phi) is 1.99. The van der Waals surface area contributed by atoms with Gasteiger partial charge in [0.25, 0.3) is 0 Å². The van der Waals surface area contributed by atoms with Crippen LogP contribution in [0, 0.1) is 0 Å². The molecule has 0 amide bonds. The van der Waals surface area contributed by atoms with E-state index in [0.717, 1.165) is 11.4 Å². The van der Waals surface area contributed by atoms with E-state index >= 15 is 0 Å². The Hall–Kier alpha value is -0.660. The smallest absolute Gasteiger partial charge is 0.0726 e. The first-order chi connectivity index (χ1) is 5.77. The summed E-state index contributed by atoms with van der Waals surface area (Å²) in [5, 5.41) is 0. The maximum absolute atomic E-state index is 4.67. The van der Waals surface area contributed by atoms with Crippen LogP contribution in [0.25, 0.3) is 0 Å². The largest absolute Gasteiger partial charge is 0.283 e. The highest BCUT2D eigenvalue weighted by Gasteiger charge is 2.27. The van der Waals surface area contributed by atoms with Crippen LogP contribution in [0.3, 0.4) is 0 Å². The van der Waals surface area contributed by atoms with Crippen LogP contribution in [-0.2, 0) is 0 Å². The van der Waals surface area contributed by atoms with E-state index in [1.165, 1.54) is 25.7 Å². The molecule has 66 valence electrons. The Bertz CT molecular complexity index is 214. The summed E-state index contributed by atoms with van der Waals surface area (Å²) in [6.45, 7) is 4.15. The topological polar surface area (TPSA) is 24.7 Å². The van der Waals surface area contributed by atoms with Gasteiger partial charge in [0.1, 0.15) is 0 Å². The molecule has 0 spiro atoms. The van der Waals surface area contributed by atoms with Gasteiger partial charge in [-0.05, 0) is 26.7 Å². The summed E-state index contributed by atoms with van der Waals surface area (Å²) in [6, 6.07) is 1.03. The molecule has 1 heterocycles. The molecule has 0 unspecified atom stereocenters. The number of aliphatic imine (C=N–C) groups is 2. The maximum atomic E-state index is 4.67. The number of rotatable bonds is 0. The Morgan fingerprint density at radius 2 is 1.33 bits per heavy atom. The second-order valence-electron chi connectivity index (χ2n) is 3.85. The van der Waals surface area contributed by atoms with Crippen molar-refractivity contribution in [2.24, 2.45) is 9.98 Å². The van der Waals surface area contributed by atoms with Crippen LogP contribution in [0.15, 0.2) is 9.98 Å². The molecule has 1 fully saturated rings. The fourth-order valence-corrected chi connectivity index (χ4v) is 2.08. The van der Waals surface area contributed by atoms with Crippen LogP contribution in [0.5, 0.6) is 0 Å². The molecule has 0 aromatic heterocycles. The van der Waals surface area contributed by atoms with E-state index in [1.54, 1.807) is 0 Å². The minimum Gasteiger partial charge on any atom is -0.283 e. The molecule has 1 saturated carbocycles. The molecule has 2 rings (SSSR count). The van der Waals surface area contributed by atoms with Gasteiger partial charge in [-0.25, -0.2) is 0 Å². The van der Waals surface area contributed by atoms with Crippen molar-refractivity contribution in [2.45, 2.75) is 51.6 Å². The summed E-state index contributed by atoms with van der Waals surface area (Å²) >= 11 is 0. The molecular formula is C10H16N2. The van der Waals surface area contributed by atoms with Crippen molar-refractivity contribution in [3.8, 4) is 0 Å². The van der Waals surface area contributed by atoms with Gasteiger partial charge in [-0.15, -0.1) is 0 Å². The average Bonchev–Trinajstić information content (AvgIpc) is 2.07. The van der Waals surface area contributed by atoms with E-state index in [1.807, 2.05) is 0 Å². The van der Waals surface area contributed by atoms with E-state index in [9.17, 15) is 0 Å². The van der Waals surface area contributed by atoms with Gasteiger partial charge in [-0.2, -0.15) is 0 Å². The zero-order valence-electron chi connectivity index (χ0n) is 7.88. The molecule has 12 heavy (non-hydrogen) atoms. The van der Waals surface area contributed by atoms with E-state index in [-0.39, 0.29) is 0 Å². The summed E-state index contributed by atoms with van der Waals surface area (Å²) in [7, 11) is 0. The number of fused-ring (bicyclic) bond motifs is 1. The first-order valence-corrected chi connectivity index (χ1v) is 4.86. The van der Waals surface area contributed by atoms with Crippen molar-refractivity contribution < 1.29 is 0 Å². The lowest BCUT2D eigenvalue weighted by Crippen LogP contribution is -2.33. The Morgan fingerprint density at radius 1 is 0.917 bits per heavy atom. The quantitative estimate of drug-likeness (QED) is 0.524. The van der Waals surface area contributed by atoms with Crippen molar-refractivity contribution in [3.63, 3.8) is 0 Å². The minimum atomic E-state index is 0.516. The zero-order valence-corrected chi connectivity index (χ0v) is 7.88. The molecule has 2 heteroatoms. The van der Waals surface area contributed by atoms with Crippen LogP contribution in [0.4, 0.5) is 0 Å². The predicted molar refractivity (Wildman–Crippen MR) is 52.3 cm³/mol. The van der Waals surface area contributed by atoms with Gasteiger partial charge in [0.15, 0.2) is 0 Å². The van der Waals surface area contributed by atoms with Crippen molar-refractivity contribution in [1.82, 2.24) is 0 Å². The van der Waals surface area contributed by atoms with E-state index in [0.29, 0.717) is 12.1 Å². The van der Waals surface area contributed by atoms with E-state index in [4.69, 9.17) is 0 Å². The summed E-state index contributed by atoms with van der Waals surface area (Å²) in [4.78, 5) is 9.34. The molecule has 2 nitrogen and oxygen atoms in total. The van der Waals surface area contributed by atoms with Crippen LogP contribution in [0.2, 0.25) is 0 Å². The van der Waals surface area contributed by atoms with Crippen LogP contribution < -0.4 is 0 Å². The minimum absolute atomic E-state index is 0.516. The number of nitrogens with zero attached hydrogens (tertiary/aromatic N) is 2. The molecule has 0 N–H and O–H groups in total. The summed E-state index contributed by atoms with van der Waals surface area (Å²) in [5.41, 5.74) is 2.30. The fraction of sp³-hybridized carbons (Fsp3) is 0.800. The normalized spacial score (nSPS) is 35.2. The molecule has 0 aromatic carbocycles. The van der Waals surface area contributed by atoms with Gasteiger partial charge in [0.2, 0.25) is 0 Å². The molecular weight excluding hydrogens is 148 g/mol. The SMILES string of the molecule is CC1=N[C@H]2CCCC[C@H]2N=C1C. The molecule has 1 aliphatic heterocycles. The predicted octanol–water partition coefficient (Wildman–Crippen LogP) is 2.23. The van der Waals surface area contributed by atoms with Crippen molar-refractivity contribution >= 4 is 11.4 Å². The second kappa shape index (κ2) is 3.00. The molecule has 0 saturated heterocycles. The van der Waals surface area contributed by atoms with Gasteiger partial charge in [0.05, 0.1) is 23.5 Å². The number of hydrogen-bond acceptors (Lipinski definition) is 2. The van der Waals surface area contributed by atoms with Crippen LogP contribution >= 0.6 is 0 Å². The molecule has 2 aliphatic rings. The highest BCUT2D eigenvalue weighted by Crippen LogP contribution is 2.26.